The van der Waals surface area contributed by atoms with Crippen LogP contribution in [0.3, 0.4) is 0 Å². The highest BCUT2D eigenvalue weighted by molar-refractivity contribution is 5.86. The molecule has 2 bridgehead atoms. The minimum atomic E-state index is -1.92. The predicted octanol–water partition coefficient (Wildman–Crippen LogP) is 2.10. The van der Waals surface area contributed by atoms with Crippen molar-refractivity contribution in [2.45, 2.75) is 56.7 Å². The Balaban J connectivity index is 2.02. The maximum Gasteiger partial charge on any atom is 0.139 e. The van der Waals surface area contributed by atoms with Gasteiger partial charge in [-0.05, 0) is 48.1 Å². The smallest absolute Gasteiger partial charge is 0.139 e. The molecule has 6 heteroatoms. The summed E-state index contributed by atoms with van der Waals surface area (Å²) in [6, 6.07) is 13.3. The molecule has 0 saturated carbocycles. The Hall–Kier alpha value is -2.48. The molecule has 0 aromatic heterocycles. The quantitative estimate of drug-likeness (QED) is 0.284. The highest BCUT2D eigenvalue weighted by Crippen LogP contribution is 2.50. The summed E-state index contributed by atoms with van der Waals surface area (Å²) in [5.41, 5.74) is 5.15. The summed E-state index contributed by atoms with van der Waals surface area (Å²) in [6.45, 7) is 7.38. The van der Waals surface area contributed by atoms with E-state index in [1.54, 1.807) is 0 Å². The van der Waals surface area contributed by atoms with Gasteiger partial charge in [-0.2, -0.15) is 0 Å². The maximum atomic E-state index is 11.1. The van der Waals surface area contributed by atoms with Crippen LogP contribution in [0.4, 0.5) is 0 Å². The fourth-order valence-electron chi connectivity index (χ4n) is 4.41. The molecule has 0 amide bonds. The van der Waals surface area contributed by atoms with Gasteiger partial charge < -0.3 is 30.6 Å². The van der Waals surface area contributed by atoms with E-state index in [9.17, 15) is 30.6 Å². The molecule has 2 unspecified atom stereocenters. The molecule has 1 aliphatic rings. The lowest BCUT2D eigenvalue weighted by Gasteiger charge is -2.29. The number of allylic oxidation sites excluding steroid dienone is 1. The number of hydrogen-bond donors (Lipinski definition) is 6. The van der Waals surface area contributed by atoms with Crippen LogP contribution in [0.15, 0.2) is 60.9 Å². The third-order valence-electron chi connectivity index (χ3n) is 6.12. The lowest BCUT2D eigenvalue weighted by atomic mass is 9.85. The Morgan fingerprint density at radius 1 is 0.935 bits per heavy atom. The summed E-state index contributed by atoms with van der Waals surface area (Å²) in [5, 5.41) is 62.5. The molecule has 1 aliphatic carbocycles. The molecule has 0 fully saturated rings. The first kappa shape index (κ1) is 23.2. The normalized spacial score (nSPS) is 21.8. The summed E-state index contributed by atoms with van der Waals surface area (Å²) >= 11 is 0. The molecular formula is C25H30O6. The SMILES string of the molecule is C=CCC(O)[C@H](O)[C@@H](O)[C@H](O)[C@H](O)C(O)=C1c2ccc(C)c(c2C)C1c1ccccc1. The second-order valence-corrected chi connectivity index (χ2v) is 8.12. The van der Waals surface area contributed by atoms with E-state index in [4.69, 9.17) is 0 Å². The monoisotopic (exact) mass is 426 g/mol. The van der Waals surface area contributed by atoms with Crippen molar-refractivity contribution in [3.63, 3.8) is 0 Å². The molecule has 0 heterocycles. The lowest BCUT2D eigenvalue weighted by molar-refractivity contribution is -0.131. The van der Waals surface area contributed by atoms with Gasteiger partial charge in [0.1, 0.15) is 30.2 Å². The van der Waals surface area contributed by atoms with E-state index in [0.29, 0.717) is 5.57 Å². The van der Waals surface area contributed by atoms with Crippen molar-refractivity contribution < 1.29 is 30.6 Å². The molecule has 0 aliphatic heterocycles. The summed E-state index contributed by atoms with van der Waals surface area (Å²) in [4.78, 5) is 0. The summed E-state index contributed by atoms with van der Waals surface area (Å²) < 4.78 is 0. The van der Waals surface area contributed by atoms with Gasteiger partial charge in [-0.15, -0.1) is 6.58 Å². The van der Waals surface area contributed by atoms with Crippen LogP contribution in [0.1, 0.15) is 40.2 Å². The van der Waals surface area contributed by atoms with Crippen LogP contribution in [-0.4, -0.2) is 61.2 Å². The molecule has 2 aromatic carbocycles. The van der Waals surface area contributed by atoms with Gasteiger partial charge in [-0.1, -0.05) is 48.5 Å². The van der Waals surface area contributed by atoms with Crippen LogP contribution >= 0.6 is 0 Å². The largest absolute Gasteiger partial charge is 0.509 e. The number of aliphatic hydroxyl groups excluding tert-OH is 6. The van der Waals surface area contributed by atoms with Gasteiger partial charge in [0.25, 0.3) is 0 Å². The van der Waals surface area contributed by atoms with Gasteiger partial charge in [0.2, 0.25) is 0 Å². The van der Waals surface area contributed by atoms with E-state index >= 15 is 0 Å². The van der Waals surface area contributed by atoms with Crippen LogP contribution in [-0.2, 0) is 0 Å². The second kappa shape index (κ2) is 9.34. The summed E-state index contributed by atoms with van der Waals surface area (Å²) in [6.07, 6.45) is -7.39. The predicted molar refractivity (Wildman–Crippen MR) is 119 cm³/mol. The molecule has 166 valence electrons. The maximum absolute atomic E-state index is 11.1. The van der Waals surface area contributed by atoms with Crippen molar-refractivity contribution in [1.29, 1.82) is 0 Å². The first-order chi connectivity index (χ1) is 14.7. The molecule has 0 saturated heterocycles. The zero-order valence-electron chi connectivity index (χ0n) is 17.7. The second-order valence-electron chi connectivity index (χ2n) is 8.12. The number of rotatable bonds is 8. The van der Waals surface area contributed by atoms with E-state index in [1.807, 2.05) is 56.3 Å². The molecule has 6 atom stereocenters. The Morgan fingerprint density at radius 2 is 1.58 bits per heavy atom. The Kier molecular flexibility index (Phi) is 6.99. The van der Waals surface area contributed by atoms with E-state index < -0.39 is 36.3 Å². The topological polar surface area (TPSA) is 121 Å². The van der Waals surface area contributed by atoms with Crippen molar-refractivity contribution in [1.82, 2.24) is 0 Å². The van der Waals surface area contributed by atoms with Crippen LogP contribution in [0.5, 0.6) is 0 Å². The third kappa shape index (κ3) is 4.18. The van der Waals surface area contributed by atoms with Gasteiger partial charge in [0, 0.05) is 11.5 Å². The molecule has 6 nitrogen and oxygen atoms in total. The molecule has 31 heavy (non-hydrogen) atoms. The molecule has 2 aromatic rings. The van der Waals surface area contributed by atoms with Crippen molar-refractivity contribution in [2.24, 2.45) is 0 Å². The van der Waals surface area contributed by atoms with Gasteiger partial charge in [0.05, 0.1) is 6.10 Å². The Labute approximate surface area is 182 Å². The van der Waals surface area contributed by atoms with Crippen molar-refractivity contribution in [2.75, 3.05) is 0 Å². The average Bonchev–Trinajstić information content (AvgIpc) is 2.97. The standard InChI is InChI=1S/C25H30O6/c1-4-8-17(26)21(27)23(29)25(31)24(30)22(28)20-16-12-11-13(2)18(14(16)3)19(20)15-9-6-5-7-10-15/h4-7,9-12,17,19,21,23-31H,1,8H2,2-3H3/t17?,19?,21-,23+,24+,25-/m0/s1. The van der Waals surface area contributed by atoms with Gasteiger partial charge in [-0.3, -0.25) is 0 Å². The fraction of sp³-hybridized carbons (Fsp3) is 0.360. The zero-order valence-corrected chi connectivity index (χ0v) is 17.7. The number of benzene rings is 2. The van der Waals surface area contributed by atoms with Gasteiger partial charge in [-0.25, -0.2) is 0 Å². The van der Waals surface area contributed by atoms with Gasteiger partial charge >= 0.3 is 0 Å². The van der Waals surface area contributed by atoms with E-state index in [0.717, 1.165) is 27.8 Å². The molecule has 0 radical (unpaired) electrons. The number of fused-ring (bicyclic) bond motifs is 2. The first-order valence-electron chi connectivity index (χ1n) is 10.3. The van der Waals surface area contributed by atoms with Crippen molar-refractivity contribution >= 4 is 5.57 Å². The van der Waals surface area contributed by atoms with Crippen LogP contribution < -0.4 is 0 Å². The van der Waals surface area contributed by atoms with E-state index in [1.165, 1.54) is 6.08 Å². The van der Waals surface area contributed by atoms with Gasteiger partial charge in [0.15, 0.2) is 0 Å². The van der Waals surface area contributed by atoms with Crippen molar-refractivity contribution in [3.05, 3.63) is 88.7 Å². The molecule has 0 spiro atoms. The fourth-order valence-corrected chi connectivity index (χ4v) is 4.41. The Morgan fingerprint density at radius 3 is 2.19 bits per heavy atom. The molecule has 6 N–H and O–H groups in total. The lowest BCUT2D eigenvalue weighted by Crippen LogP contribution is -2.49. The Bertz CT molecular complexity index is 967. The van der Waals surface area contributed by atoms with E-state index in [2.05, 4.69) is 6.58 Å². The molecule has 3 rings (SSSR count). The third-order valence-corrected chi connectivity index (χ3v) is 6.12. The van der Waals surface area contributed by atoms with Crippen LogP contribution in [0.2, 0.25) is 0 Å². The minimum Gasteiger partial charge on any atom is -0.509 e. The average molecular weight is 427 g/mol. The van der Waals surface area contributed by atoms with Crippen molar-refractivity contribution in [3.8, 4) is 0 Å². The zero-order chi connectivity index (χ0) is 22.9. The summed E-state index contributed by atoms with van der Waals surface area (Å²) in [5.74, 6) is -0.823. The number of hydrogen-bond acceptors (Lipinski definition) is 6. The minimum absolute atomic E-state index is 0.00545. The van der Waals surface area contributed by atoms with Crippen LogP contribution in [0.25, 0.3) is 5.57 Å². The first-order valence-corrected chi connectivity index (χ1v) is 10.3. The summed E-state index contributed by atoms with van der Waals surface area (Å²) in [7, 11) is 0. The number of aliphatic hydroxyl groups is 6. The highest BCUT2D eigenvalue weighted by Gasteiger charge is 2.40. The molecular weight excluding hydrogens is 396 g/mol. The highest BCUT2D eigenvalue weighted by atomic mass is 16.4. The number of aryl methyl sites for hydroxylation is 1. The van der Waals surface area contributed by atoms with E-state index in [-0.39, 0.29) is 12.3 Å². The van der Waals surface area contributed by atoms with Crippen LogP contribution in [0, 0.1) is 13.8 Å².